The van der Waals surface area contributed by atoms with Gasteiger partial charge in [0.2, 0.25) is 10.0 Å². The van der Waals surface area contributed by atoms with Gasteiger partial charge in [0, 0.05) is 19.2 Å². The molecule has 10 nitrogen and oxygen atoms in total. The van der Waals surface area contributed by atoms with Crippen LogP contribution in [-0.2, 0) is 21.2 Å². The van der Waals surface area contributed by atoms with Crippen LogP contribution in [0.2, 0.25) is 0 Å². The summed E-state index contributed by atoms with van der Waals surface area (Å²) in [6.07, 6.45) is 5.20. The predicted octanol–water partition coefficient (Wildman–Crippen LogP) is 4.27. The molecule has 0 aliphatic heterocycles. The third-order valence-corrected chi connectivity index (χ3v) is 9.34. The number of H-pyrrole nitrogens is 1. The van der Waals surface area contributed by atoms with Gasteiger partial charge in [-0.1, -0.05) is 24.3 Å². The Morgan fingerprint density at radius 3 is 2.29 bits per heavy atom. The summed E-state index contributed by atoms with van der Waals surface area (Å²) < 4.78 is 29.2. The first-order chi connectivity index (χ1) is 19.8. The van der Waals surface area contributed by atoms with Gasteiger partial charge in [-0.25, -0.2) is 18.4 Å². The van der Waals surface area contributed by atoms with Crippen LogP contribution in [0.5, 0.6) is 0 Å². The summed E-state index contributed by atoms with van der Waals surface area (Å²) >= 11 is 0. The zero-order valence-corrected chi connectivity index (χ0v) is 25.3. The number of aromatic nitrogens is 3. The number of nitrogens with zero attached hydrogens (tertiary/aromatic N) is 2. The number of pyridine rings is 1. The minimum Gasteiger partial charge on any atom is -0.480 e. The standard InChI is InChI=1S/C31H35N5O5S/c1-17-9-12-27(33-16-17)32-13-7-8-23-10-11-25-24(14-23)30(37)35-28(34-25)15-26(31(38)39)36-42(40,41)29-21(5)19(3)18(2)20(4)22(29)6/h7-12,14,16,26,36H,13,15H2,1-6H3,(H,32,33)(H,38,39)(H,34,35,37)/b8-7+/t26-/m0/s1. The van der Waals surface area contributed by atoms with Crippen molar-refractivity contribution in [1.29, 1.82) is 0 Å². The van der Waals surface area contributed by atoms with Gasteiger partial charge in [0.15, 0.2) is 0 Å². The van der Waals surface area contributed by atoms with E-state index in [9.17, 15) is 23.1 Å². The Hall–Kier alpha value is -4.35. The summed E-state index contributed by atoms with van der Waals surface area (Å²) in [5, 5.41) is 13.4. The SMILES string of the molecule is Cc1ccc(NC/C=C/c2ccc3nc(C[C@H](NS(=O)(=O)c4c(C)c(C)c(C)c(C)c4C)C(=O)O)[nH]c(=O)c3c2)nc1. The van der Waals surface area contributed by atoms with E-state index in [1.165, 1.54) is 0 Å². The van der Waals surface area contributed by atoms with Crippen molar-refractivity contribution in [3.05, 3.63) is 97.7 Å². The number of fused-ring (bicyclic) bond motifs is 1. The molecule has 2 aromatic carbocycles. The quantitative estimate of drug-likeness (QED) is 0.214. The fraction of sp³-hybridized carbons (Fsp3) is 0.290. The number of benzene rings is 2. The van der Waals surface area contributed by atoms with Crippen LogP contribution >= 0.6 is 0 Å². The Balaban J connectivity index is 1.53. The fourth-order valence-electron chi connectivity index (χ4n) is 4.82. The van der Waals surface area contributed by atoms with Crippen molar-refractivity contribution >= 4 is 38.8 Å². The molecular weight excluding hydrogens is 554 g/mol. The number of sulfonamides is 1. The van der Waals surface area contributed by atoms with Crippen LogP contribution in [0, 0.1) is 41.5 Å². The second-order valence-corrected chi connectivity index (χ2v) is 12.1. The van der Waals surface area contributed by atoms with Crippen molar-refractivity contribution in [2.75, 3.05) is 11.9 Å². The van der Waals surface area contributed by atoms with Gasteiger partial charge in [-0.3, -0.25) is 9.59 Å². The van der Waals surface area contributed by atoms with Gasteiger partial charge >= 0.3 is 5.97 Å². The lowest BCUT2D eigenvalue weighted by molar-refractivity contribution is -0.139. The van der Waals surface area contributed by atoms with Crippen LogP contribution in [0.15, 0.2) is 52.3 Å². The van der Waals surface area contributed by atoms with E-state index >= 15 is 0 Å². The highest BCUT2D eigenvalue weighted by Gasteiger charge is 2.30. The van der Waals surface area contributed by atoms with E-state index in [0.717, 1.165) is 33.6 Å². The van der Waals surface area contributed by atoms with Gasteiger partial charge in [0.05, 0.1) is 15.8 Å². The normalized spacial score (nSPS) is 12.6. The van der Waals surface area contributed by atoms with Gasteiger partial charge < -0.3 is 15.4 Å². The van der Waals surface area contributed by atoms with Gasteiger partial charge in [-0.2, -0.15) is 4.72 Å². The number of aliphatic carboxylic acids is 1. The fourth-order valence-corrected chi connectivity index (χ4v) is 6.61. The molecule has 11 heteroatoms. The summed E-state index contributed by atoms with van der Waals surface area (Å²) in [6.45, 7) is 11.5. The first kappa shape index (κ1) is 30.6. The molecule has 0 bridgehead atoms. The van der Waals surface area contributed by atoms with Crippen LogP contribution in [0.4, 0.5) is 5.82 Å². The average molecular weight is 590 g/mol. The Morgan fingerprint density at radius 2 is 1.67 bits per heavy atom. The zero-order chi connectivity index (χ0) is 30.8. The van der Waals surface area contributed by atoms with Crippen molar-refractivity contribution in [3.63, 3.8) is 0 Å². The molecule has 0 radical (unpaired) electrons. The maximum absolute atomic E-state index is 13.4. The van der Waals surface area contributed by atoms with Gasteiger partial charge in [0.1, 0.15) is 17.7 Å². The summed E-state index contributed by atoms with van der Waals surface area (Å²) in [7, 11) is -4.20. The highest BCUT2D eigenvalue weighted by Crippen LogP contribution is 2.29. The Morgan fingerprint density at radius 1 is 1.00 bits per heavy atom. The molecule has 2 heterocycles. The molecule has 4 aromatic rings. The average Bonchev–Trinajstić information content (AvgIpc) is 2.93. The second kappa shape index (κ2) is 12.3. The van der Waals surface area contributed by atoms with Crippen LogP contribution in [0.3, 0.4) is 0 Å². The van der Waals surface area contributed by atoms with E-state index in [0.29, 0.717) is 28.6 Å². The van der Waals surface area contributed by atoms with Crippen molar-refractivity contribution in [3.8, 4) is 0 Å². The first-order valence-corrected chi connectivity index (χ1v) is 14.9. The summed E-state index contributed by atoms with van der Waals surface area (Å²) in [6, 6.07) is 7.48. The third kappa shape index (κ3) is 6.58. The molecule has 220 valence electrons. The number of aryl methyl sites for hydroxylation is 1. The van der Waals surface area contributed by atoms with Crippen molar-refractivity contribution < 1.29 is 18.3 Å². The summed E-state index contributed by atoms with van der Waals surface area (Å²) in [5.74, 6) is -0.564. The van der Waals surface area contributed by atoms with Crippen molar-refractivity contribution in [2.45, 2.75) is 58.9 Å². The topological polar surface area (TPSA) is 154 Å². The molecule has 0 saturated heterocycles. The van der Waals surface area contributed by atoms with Crippen LogP contribution in [0.1, 0.15) is 44.8 Å². The number of carboxylic acids is 1. The molecule has 0 spiro atoms. The molecule has 0 unspecified atom stereocenters. The maximum atomic E-state index is 13.4. The molecule has 0 fully saturated rings. The zero-order valence-electron chi connectivity index (χ0n) is 24.5. The van der Waals surface area contributed by atoms with Crippen LogP contribution in [-0.4, -0.2) is 47.0 Å². The summed E-state index contributed by atoms with van der Waals surface area (Å²) in [4.78, 5) is 36.5. The number of carboxylic acid groups (broad SMARTS) is 1. The lowest BCUT2D eigenvalue weighted by Gasteiger charge is -2.21. The lowest BCUT2D eigenvalue weighted by atomic mass is 9.95. The molecule has 1 atom stereocenters. The Labute approximate surface area is 245 Å². The van der Waals surface area contributed by atoms with E-state index in [1.807, 2.05) is 52.0 Å². The number of anilines is 1. The van der Waals surface area contributed by atoms with Crippen molar-refractivity contribution in [2.24, 2.45) is 0 Å². The molecule has 4 N–H and O–H groups in total. The Kier molecular flexibility index (Phi) is 8.93. The smallest absolute Gasteiger partial charge is 0.322 e. The van der Waals surface area contributed by atoms with E-state index in [-0.39, 0.29) is 17.1 Å². The molecular formula is C31H35N5O5S. The number of hydrogen-bond donors (Lipinski definition) is 4. The van der Waals surface area contributed by atoms with E-state index < -0.39 is 27.6 Å². The van der Waals surface area contributed by atoms with Gasteiger partial charge in [-0.15, -0.1) is 0 Å². The second-order valence-electron chi connectivity index (χ2n) is 10.5. The van der Waals surface area contributed by atoms with E-state index in [1.54, 1.807) is 38.2 Å². The highest BCUT2D eigenvalue weighted by atomic mass is 32.2. The largest absolute Gasteiger partial charge is 0.480 e. The predicted molar refractivity (Wildman–Crippen MR) is 164 cm³/mol. The highest BCUT2D eigenvalue weighted by molar-refractivity contribution is 7.89. The van der Waals surface area contributed by atoms with E-state index in [4.69, 9.17) is 0 Å². The molecule has 4 rings (SSSR count). The lowest BCUT2D eigenvalue weighted by Crippen LogP contribution is -2.43. The van der Waals surface area contributed by atoms with Gasteiger partial charge in [0.25, 0.3) is 5.56 Å². The number of aromatic amines is 1. The van der Waals surface area contributed by atoms with Crippen LogP contribution in [0.25, 0.3) is 17.0 Å². The van der Waals surface area contributed by atoms with Crippen LogP contribution < -0.4 is 15.6 Å². The Bertz CT molecular complexity index is 1830. The summed E-state index contributed by atoms with van der Waals surface area (Å²) in [5.41, 5.74) is 5.57. The number of carbonyl (C=O) groups is 1. The number of hydrogen-bond acceptors (Lipinski definition) is 7. The molecule has 42 heavy (non-hydrogen) atoms. The molecule has 2 aromatic heterocycles. The third-order valence-electron chi connectivity index (χ3n) is 7.59. The molecule has 0 amide bonds. The van der Waals surface area contributed by atoms with Gasteiger partial charge in [-0.05, 0) is 98.7 Å². The van der Waals surface area contributed by atoms with E-state index in [2.05, 4.69) is 25.0 Å². The maximum Gasteiger partial charge on any atom is 0.322 e. The van der Waals surface area contributed by atoms with Crippen molar-refractivity contribution in [1.82, 2.24) is 19.7 Å². The molecule has 0 aliphatic carbocycles. The molecule has 0 saturated carbocycles. The number of nitrogens with one attached hydrogen (secondary N) is 3. The number of rotatable bonds is 10. The first-order valence-electron chi connectivity index (χ1n) is 13.5. The monoisotopic (exact) mass is 589 g/mol. The minimum absolute atomic E-state index is 0.0606. The molecule has 0 aliphatic rings. The minimum atomic E-state index is -4.20.